The molecule has 0 radical (unpaired) electrons. The van der Waals surface area contributed by atoms with Gasteiger partial charge in [0.25, 0.3) is 5.92 Å². The molecule has 0 heterocycles. The van der Waals surface area contributed by atoms with Crippen LogP contribution in [-0.4, -0.2) is 22.6 Å². The van der Waals surface area contributed by atoms with Gasteiger partial charge in [-0.3, -0.25) is 0 Å². The monoisotopic (exact) mass is 340 g/mol. The van der Waals surface area contributed by atoms with Gasteiger partial charge >= 0.3 is 5.51 Å². The first-order chi connectivity index (χ1) is 10.2. The first-order valence-electron chi connectivity index (χ1n) is 6.81. The van der Waals surface area contributed by atoms with Crippen molar-refractivity contribution in [1.82, 2.24) is 0 Å². The van der Waals surface area contributed by atoms with E-state index in [1.165, 1.54) is 6.07 Å². The lowest BCUT2D eigenvalue weighted by Gasteiger charge is -2.27. The number of hydrogen-bond donors (Lipinski definition) is 1. The van der Waals surface area contributed by atoms with Gasteiger partial charge in [0.15, 0.2) is 0 Å². The first kappa shape index (κ1) is 15.9. The molecule has 1 N–H and O–H groups in total. The maximum absolute atomic E-state index is 13.8. The van der Waals surface area contributed by atoms with E-state index in [0.717, 1.165) is 25.3 Å². The predicted octanol–water partition coefficient (Wildman–Crippen LogP) is 4.45. The van der Waals surface area contributed by atoms with Crippen molar-refractivity contribution >= 4 is 11.8 Å². The van der Waals surface area contributed by atoms with Crippen LogP contribution in [0.1, 0.15) is 36.5 Å². The SMILES string of the molecule is O[C@H]1c2c(SC(F)(F)F)ccc(OC3CCC3)c2CC1(F)F. The molecular weight excluding hydrogens is 327 g/mol. The van der Waals surface area contributed by atoms with Crippen LogP contribution in [0.5, 0.6) is 5.75 Å². The Morgan fingerprint density at radius 2 is 1.91 bits per heavy atom. The molecule has 0 aliphatic heterocycles. The summed E-state index contributed by atoms with van der Waals surface area (Å²) in [5, 5.41) is 9.73. The number of hydrogen-bond acceptors (Lipinski definition) is 3. The largest absolute Gasteiger partial charge is 0.490 e. The molecule has 2 nitrogen and oxygen atoms in total. The molecule has 0 amide bonds. The molecule has 0 bridgehead atoms. The molecular formula is C14H13F5O2S. The summed E-state index contributed by atoms with van der Waals surface area (Å²) in [6.45, 7) is 0. The van der Waals surface area contributed by atoms with Crippen molar-refractivity contribution in [1.29, 1.82) is 0 Å². The quantitative estimate of drug-likeness (QED) is 0.651. The molecule has 0 aromatic heterocycles. The van der Waals surface area contributed by atoms with Gasteiger partial charge in [-0.05, 0) is 43.2 Å². The van der Waals surface area contributed by atoms with E-state index in [2.05, 4.69) is 0 Å². The molecule has 122 valence electrons. The minimum atomic E-state index is -4.61. The summed E-state index contributed by atoms with van der Waals surface area (Å²) >= 11 is -0.491. The van der Waals surface area contributed by atoms with Crippen LogP contribution >= 0.6 is 11.8 Å². The van der Waals surface area contributed by atoms with Crippen LogP contribution < -0.4 is 4.74 Å². The van der Waals surface area contributed by atoms with Crippen molar-refractivity contribution in [3.8, 4) is 5.75 Å². The molecule has 2 aliphatic carbocycles. The Labute approximate surface area is 127 Å². The third-order valence-corrected chi connectivity index (χ3v) is 4.74. The zero-order valence-electron chi connectivity index (χ0n) is 11.3. The maximum atomic E-state index is 13.8. The normalized spacial score (nSPS) is 24.0. The van der Waals surface area contributed by atoms with Gasteiger partial charge in [-0.2, -0.15) is 13.2 Å². The summed E-state index contributed by atoms with van der Waals surface area (Å²) in [5.41, 5.74) is -4.98. The minimum Gasteiger partial charge on any atom is -0.490 e. The van der Waals surface area contributed by atoms with E-state index in [1.54, 1.807) is 0 Å². The molecule has 8 heteroatoms. The fourth-order valence-electron chi connectivity index (χ4n) is 2.64. The van der Waals surface area contributed by atoms with Crippen molar-refractivity contribution in [3.63, 3.8) is 0 Å². The highest BCUT2D eigenvalue weighted by Gasteiger charge is 2.50. The zero-order valence-corrected chi connectivity index (χ0v) is 12.1. The van der Waals surface area contributed by atoms with Crippen molar-refractivity contribution in [3.05, 3.63) is 23.3 Å². The number of aliphatic hydroxyl groups excluding tert-OH is 1. The Morgan fingerprint density at radius 1 is 1.23 bits per heavy atom. The summed E-state index contributed by atoms with van der Waals surface area (Å²) in [5.74, 6) is -3.33. The molecule has 0 unspecified atom stereocenters. The highest BCUT2D eigenvalue weighted by Crippen LogP contribution is 2.52. The number of ether oxygens (including phenoxy) is 1. The molecule has 2 aliphatic rings. The van der Waals surface area contributed by atoms with Crippen LogP contribution in [0.2, 0.25) is 0 Å². The fraction of sp³-hybridized carbons (Fsp3) is 0.571. The molecule has 1 aromatic carbocycles. The number of thioether (sulfide) groups is 1. The Balaban J connectivity index is 2.00. The zero-order chi connectivity index (χ0) is 16.1. The molecule has 0 spiro atoms. The van der Waals surface area contributed by atoms with Crippen molar-refractivity contribution in [2.24, 2.45) is 0 Å². The molecule has 1 aromatic rings. The van der Waals surface area contributed by atoms with Crippen LogP contribution in [0.3, 0.4) is 0 Å². The number of fused-ring (bicyclic) bond motifs is 1. The van der Waals surface area contributed by atoms with Crippen LogP contribution in [0.15, 0.2) is 17.0 Å². The number of alkyl halides is 5. The lowest BCUT2D eigenvalue weighted by Crippen LogP contribution is -2.25. The van der Waals surface area contributed by atoms with Gasteiger partial charge in [-0.25, -0.2) is 8.78 Å². The highest BCUT2D eigenvalue weighted by atomic mass is 32.2. The van der Waals surface area contributed by atoms with Gasteiger partial charge in [0.1, 0.15) is 11.9 Å². The summed E-state index contributed by atoms with van der Waals surface area (Å²) in [6, 6.07) is 2.38. The van der Waals surface area contributed by atoms with Crippen LogP contribution in [0, 0.1) is 0 Å². The van der Waals surface area contributed by atoms with Gasteiger partial charge in [0.2, 0.25) is 0 Å². The van der Waals surface area contributed by atoms with Crippen molar-refractivity contribution < 1.29 is 31.8 Å². The van der Waals surface area contributed by atoms with Gasteiger partial charge in [-0.1, -0.05) is 0 Å². The summed E-state index contributed by atoms with van der Waals surface area (Å²) < 4.78 is 70.8. The van der Waals surface area contributed by atoms with Crippen LogP contribution in [0.25, 0.3) is 0 Å². The van der Waals surface area contributed by atoms with E-state index in [1.807, 2.05) is 0 Å². The second-order valence-corrected chi connectivity index (χ2v) is 6.62. The fourth-order valence-corrected chi connectivity index (χ4v) is 3.37. The molecule has 0 saturated heterocycles. The highest BCUT2D eigenvalue weighted by molar-refractivity contribution is 8.00. The Hall–Kier alpha value is -1.02. The lowest BCUT2D eigenvalue weighted by atomic mass is 9.96. The third-order valence-electron chi connectivity index (χ3n) is 3.93. The van der Waals surface area contributed by atoms with Crippen molar-refractivity contribution in [2.75, 3.05) is 0 Å². The van der Waals surface area contributed by atoms with Crippen molar-refractivity contribution in [2.45, 2.75) is 54.2 Å². The molecule has 1 fully saturated rings. The maximum Gasteiger partial charge on any atom is 0.446 e. The van der Waals surface area contributed by atoms with Gasteiger partial charge < -0.3 is 9.84 Å². The third kappa shape index (κ3) is 2.90. The number of halogens is 5. The standard InChI is InChI=1S/C14H13F5O2S/c15-13(16)6-8-9(21-7-2-1-3-7)4-5-10(11(8)12(13)20)22-14(17,18)19/h4-5,7,12,20H,1-3,6H2/t12-/m0/s1. The molecule has 3 rings (SSSR count). The number of benzene rings is 1. The minimum absolute atomic E-state index is 0.0151. The lowest BCUT2D eigenvalue weighted by molar-refractivity contribution is -0.0977. The second-order valence-electron chi connectivity index (χ2n) is 5.51. The Morgan fingerprint density at radius 3 is 2.45 bits per heavy atom. The van der Waals surface area contributed by atoms with Gasteiger partial charge in [-0.15, -0.1) is 0 Å². The van der Waals surface area contributed by atoms with E-state index < -0.39 is 40.6 Å². The van der Waals surface area contributed by atoms with E-state index >= 15 is 0 Å². The summed E-state index contributed by atoms with van der Waals surface area (Å²) in [6.07, 6.45) is -0.556. The topological polar surface area (TPSA) is 29.5 Å². The average Bonchev–Trinajstić information content (AvgIpc) is 2.56. The van der Waals surface area contributed by atoms with Gasteiger partial charge in [0, 0.05) is 22.4 Å². The number of rotatable bonds is 3. The van der Waals surface area contributed by atoms with E-state index in [-0.39, 0.29) is 23.0 Å². The van der Waals surface area contributed by atoms with E-state index in [4.69, 9.17) is 4.74 Å². The van der Waals surface area contributed by atoms with E-state index in [9.17, 15) is 27.1 Å². The average molecular weight is 340 g/mol. The smallest absolute Gasteiger partial charge is 0.446 e. The Bertz CT molecular complexity index is 583. The van der Waals surface area contributed by atoms with Crippen LogP contribution in [0.4, 0.5) is 22.0 Å². The summed E-state index contributed by atoms with van der Waals surface area (Å²) in [7, 11) is 0. The second kappa shape index (κ2) is 5.26. The number of aliphatic hydroxyl groups is 1. The molecule has 22 heavy (non-hydrogen) atoms. The van der Waals surface area contributed by atoms with Crippen LogP contribution in [-0.2, 0) is 6.42 Å². The first-order valence-corrected chi connectivity index (χ1v) is 7.63. The predicted molar refractivity (Wildman–Crippen MR) is 70.2 cm³/mol. The van der Waals surface area contributed by atoms with E-state index in [0.29, 0.717) is 0 Å². The Kier molecular flexibility index (Phi) is 3.79. The molecule has 1 saturated carbocycles. The summed E-state index contributed by atoms with van der Waals surface area (Å²) in [4.78, 5) is -0.395. The molecule has 1 atom stereocenters. The van der Waals surface area contributed by atoms with Gasteiger partial charge in [0.05, 0.1) is 6.10 Å².